The number of aromatic nitrogens is 1. The number of rotatable bonds is 6. The van der Waals surface area contributed by atoms with Crippen LogP contribution in [0.3, 0.4) is 0 Å². The minimum Gasteiger partial charge on any atom is -0.352 e. The monoisotopic (exact) mass is 269 g/mol. The van der Waals surface area contributed by atoms with Gasteiger partial charge in [0.2, 0.25) is 5.91 Å². The molecule has 102 valence electrons. The molecule has 2 unspecified atom stereocenters. The predicted molar refractivity (Wildman–Crippen MR) is 75.7 cm³/mol. The van der Waals surface area contributed by atoms with Crippen molar-refractivity contribution < 1.29 is 4.79 Å². The van der Waals surface area contributed by atoms with E-state index in [1.165, 1.54) is 4.88 Å². The van der Waals surface area contributed by atoms with Crippen molar-refractivity contribution in [1.29, 1.82) is 0 Å². The van der Waals surface area contributed by atoms with Crippen molar-refractivity contribution in [3.63, 3.8) is 0 Å². The van der Waals surface area contributed by atoms with E-state index in [0.29, 0.717) is 12.5 Å². The molecule has 2 N–H and O–H groups in total. The third kappa shape index (κ3) is 4.74. The second-order valence-electron chi connectivity index (χ2n) is 5.01. The standard InChI is InChI=1S/C13H23N3OS/c1-8(2)10(4)16-12(17)7-14-11(5)13-15-6-9(3)18-13/h6,8,10-11,14H,7H2,1-5H3,(H,16,17). The molecule has 0 aliphatic carbocycles. The molecule has 0 radical (unpaired) electrons. The van der Waals surface area contributed by atoms with Crippen molar-refractivity contribution in [1.82, 2.24) is 15.6 Å². The summed E-state index contributed by atoms with van der Waals surface area (Å²) in [5, 5.41) is 7.19. The molecule has 0 aliphatic rings. The van der Waals surface area contributed by atoms with Crippen LogP contribution in [0.15, 0.2) is 6.20 Å². The number of hydrogen-bond donors (Lipinski definition) is 2. The number of amides is 1. The van der Waals surface area contributed by atoms with Crippen molar-refractivity contribution in [3.05, 3.63) is 16.1 Å². The van der Waals surface area contributed by atoms with Crippen molar-refractivity contribution in [2.24, 2.45) is 5.92 Å². The van der Waals surface area contributed by atoms with E-state index < -0.39 is 0 Å². The van der Waals surface area contributed by atoms with E-state index in [-0.39, 0.29) is 18.0 Å². The molecule has 1 aromatic rings. The van der Waals surface area contributed by atoms with Crippen molar-refractivity contribution in [3.8, 4) is 0 Å². The van der Waals surface area contributed by atoms with E-state index in [0.717, 1.165) is 5.01 Å². The van der Waals surface area contributed by atoms with Gasteiger partial charge in [0.1, 0.15) is 5.01 Å². The Balaban J connectivity index is 2.34. The number of thiazole rings is 1. The van der Waals surface area contributed by atoms with Gasteiger partial charge in [0.15, 0.2) is 0 Å². The lowest BCUT2D eigenvalue weighted by Crippen LogP contribution is -2.41. The van der Waals surface area contributed by atoms with Gasteiger partial charge in [-0.05, 0) is 26.7 Å². The summed E-state index contributed by atoms with van der Waals surface area (Å²) in [5.41, 5.74) is 0. The smallest absolute Gasteiger partial charge is 0.234 e. The predicted octanol–water partition coefficient (Wildman–Crippen LogP) is 2.26. The molecular formula is C13H23N3OS. The van der Waals surface area contributed by atoms with Crippen LogP contribution in [0.4, 0.5) is 0 Å². The highest BCUT2D eigenvalue weighted by molar-refractivity contribution is 7.11. The van der Waals surface area contributed by atoms with Crippen LogP contribution < -0.4 is 10.6 Å². The zero-order valence-corrected chi connectivity index (χ0v) is 12.6. The van der Waals surface area contributed by atoms with Crippen LogP contribution in [-0.2, 0) is 4.79 Å². The minimum atomic E-state index is 0.0383. The van der Waals surface area contributed by atoms with Crippen LogP contribution >= 0.6 is 11.3 Å². The van der Waals surface area contributed by atoms with Gasteiger partial charge in [0, 0.05) is 17.1 Å². The van der Waals surface area contributed by atoms with Gasteiger partial charge in [0.25, 0.3) is 0 Å². The summed E-state index contributed by atoms with van der Waals surface area (Å²) in [6.07, 6.45) is 1.86. The highest BCUT2D eigenvalue weighted by Crippen LogP contribution is 2.18. The number of hydrogen-bond acceptors (Lipinski definition) is 4. The number of carbonyl (C=O) groups is 1. The Hall–Kier alpha value is -0.940. The van der Waals surface area contributed by atoms with Crippen molar-refractivity contribution in [2.75, 3.05) is 6.54 Å². The van der Waals surface area contributed by atoms with E-state index >= 15 is 0 Å². The Morgan fingerprint density at radius 2 is 2.06 bits per heavy atom. The Labute approximate surface area is 113 Å². The van der Waals surface area contributed by atoms with E-state index in [2.05, 4.69) is 29.5 Å². The maximum atomic E-state index is 11.7. The largest absolute Gasteiger partial charge is 0.352 e. The van der Waals surface area contributed by atoms with E-state index in [1.54, 1.807) is 11.3 Å². The Kier molecular flexibility index (Phi) is 5.75. The summed E-state index contributed by atoms with van der Waals surface area (Å²) < 4.78 is 0. The molecule has 0 saturated heterocycles. The molecule has 5 heteroatoms. The van der Waals surface area contributed by atoms with Gasteiger partial charge >= 0.3 is 0 Å². The molecule has 0 aliphatic heterocycles. The molecule has 0 fully saturated rings. The van der Waals surface area contributed by atoms with Gasteiger partial charge in [-0.3, -0.25) is 10.1 Å². The average Bonchev–Trinajstić information content (AvgIpc) is 2.72. The molecule has 0 saturated carbocycles. The zero-order chi connectivity index (χ0) is 13.7. The maximum Gasteiger partial charge on any atom is 0.234 e. The van der Waals surface area contributed by atoms with Crippen LogP contribution in [0.2, 0.25) is 0 Å². The first-order valence-electron chi connectivity index (χ1n) is 6.35. The van der Waals surface area contributed by atoms with Gasteiger partial charge in [-0.2, -0.15) is 0 Å². The third-order valence-corrected chi connectivity index (χ3v) is 4.06. The van der Waals surface area contributed by atoms with Gasteiger partial charge in [-0.15, -0.1) is 11.3 Å². The van der Waals surface area contributed by atoms with Gasteiger partial charge in [-0.1, -0.05) is 13.8 Å². The van der Waals surface area contributed by atoms with Crippen LogP contribution in [-0.4, -0.2) is 23.5 Å². The number of nitrogens with one attached hydrogen (secondary N) is 2. The van der Waals surface area contributed by atoms with Crippen LogP contribution in [0.1, 0.15) is 43.6 Å². The average molecular weight is 269 g/mol. The molecule has 0 bridgehead atoms. The molecule has 4 nitrogen and oxygen atoms in total. The summed E-state index contributed by atoms with van der Waals surface area (Å²) in [7, 11) is 0. The third-order valence-electron chi connectivity index (χ3n) is 2.97. The van der Waals surface area contributed by atoms with Gasteiger partial charge < -0.3 is 5.32 Å². The topological polar surface area (TPSA) is 54.0 Å². The zero-order valence-electron chi connectivity index (χ0n) is 11.8. The molecule has 18 heavy (non-hydrogen) atoms. The van der Waals surface area contributed by atoms with Gasteiger partial charge in [-0.25, -0.2) is 4.98 Å². The van der Waals surface area contributed by atoms with Crippen LogP contribution in [0, 0.1) is 12.8 Å². The summed E-state index contributed by atoms with van der Waals surface area (Å²) >= 11 is 1.66. The summed E-state index contributed by atoms with van der Waals surface area (Å²) in [6.45, 7) is 10.6. The highest BCUT2D eigenvalue weighted by Gasteiger charge is 2.13. The molecule has 1 amide bonds. The SMILES string of the molecule is Cc1cnc(C(C)NCC(=O)NC(C)C(C)C)s1. The molecule has 0 spiro atoms. The van der Waals surface area contributed by atoms with Crippen molar-refractivity contribution in [2.45, 2.75) is 46.7 Å². The fraction of sp³-hybridized carbons (Fsp3) is 0.692. The second-order valence-corrected chi connectivity index (χ2v) is 6.28. The molecule has 1 aromatic heterocycles. The molecular weight excluding hydrogens is 246 g/mol. The molecule has 1 heterocycles. The lowest BCUT2D eigenvalue weighted by molar-refractivity contribution is -0.121. The summed E-state index contributed by atoms with van der Waals surface area (Å²) in [4.78, 5) is 17.2. The fourth-order valence-corrected chi connectivity index (χ4v) is 2.18. The first-order valence-corrected chi connectivity index (χ1v) is 7.17. The molecule has 1 rings (SSSR count). The Bertz CT molecular complexity index is 389. The first kappa shape index (κ1) is 15.1. The minimum absolute atomic E-state index is 0.0383. The fourth-order valence-electron chi connectivity index (χ4n) is 1.38. The molecule has 2 atom stereocenters. The van der Waals surface area contributed by atoms with Crippen LogP contribution in [0.25, 0.3) is 0 Å². The Morgan fingerprint density at radius 1 is 1.39 bits per heavy atom. The lowest BCUT2D eigenvalue weighted by atomic mass is 10.1. The quantitative estimate of drug-likeness (QED) is 0.833. The normalized spacial score (nSPS) is 14.6. The van der Waals surface area contributed by atoms with E-state index in [4.69, 9.17) is 0 Å². The Morgan fingerprint density at radius 3 is 2.56 bits per heavy atom. The highest BCUT2D eigenvalue weighted by atomic mass is 32.1. The summed E-state index contributed by atoms with van der Waals surface area (Å²) in [6, 6.07) is 0.320. The van der Waals surface area contributed by atoms with Crippen molar-refractivity contribution >= 4 is 17.2 Å². The number of carbonyl (C=O) groups excluding carboxylic acids is 1. The summed E-state index contributed by atoms with van der Waals surface area (Å²) in [5.74, 6) is 0.490. The lowest BCUT2D eigenvalue weighted by Gasteiger charge is -2.18. The van der Waals surface area contributed by atoms with Crippen LogP contribution in [0.5, 0.6) is 0 Å². The van der Waals surface area contributed by atoms with Gasteiger partial charge in [0.05, 0.1) is 12.6 Å². The number of nitrogens with zero attached hydrogens (tertiary/aromatic N) is 1. The van der Waals surface area contributed by atoms with E-state index in [9.17, 15) is 4.79 Å². The van der Waals surface area contributed by atoms with E-state index in [1.807, 2.05) is 27.0 Å². The first-order chi connectivity index (χ1) is 8.40. The second kappa shape index (κ2) is 6.85. The molecule has 0 aromatic carbocycles. The number of aryl methyl sites for hydroxylation is 1. The maximum absolute atomic E-state index is 11.7.